The lowest BCUT2D eigenvalue weighted by Crippen LogP contribution is -2.53. The molecule has 1 aliphatic carbocycles. The molecule has 1 rings (SSSR count). The van der Waals surface area contributed by atoms with E-state index in [9.17, 15) is 14.7 Å². The Morgan fingerprint density at radius 2 is 1.91 bits per heavy atom. The van der Waals surface area contributed by atoms with Crippen molar-refractivity contribution in [1.29, 1.82) is 0 Å². The van der Waals surface area contributed by atoms with E-state index in [2.05, 4.69) is 4.74 Å². The predicted octanol–water partition coefficient (Wildman–Crippen LogP) is 3.44. The van der Waals surface area contributed by atoms with E-state index in [0.717, 1.165) is 0 Å². The van der Waals surface area contributed by atoms with Crippen LogP contribution in [0.25, 0.3) is 0 Å². The van der Waals surface area contributed by atoms with Gasteiger partial charge in [0.1, 0.15) is 5.78 Å². The molecule has 126 valence electrons. The van der Waals surface area contributed by atoms with Crippen molar-refractivity contribution in [2.75, 3.05) is 7.11 Å². The van der Waals surface area contributed by atoms with Gasteiger partial charge in [-0.15, -0.1) is 0 Å². The number of ketones is 1. The number of hydrogen-bond acceptors (Lipinski definition) is 4. The summed E-state index contributed by atoms with van der Waals surface area (Å²) >= 11 is 0. The average Bonchev–Trinajstić information content (AvgIpc) is 2.44. The quantitative estimate of drug-likeness (QED) is 0.493. The smallest absolute Gasteiger partial charge is 0.330 e. The number of ether oxygens (including phenoxy) is 1. The van der Waals surface area contributed by atoms with Crippen molar-refractivity contribution in [2.45, 2.75) is 60.0 Å². The maximum absolute atomic E-state index is 11.7. The van der Waals surface area contributed by atoms with E-state index in [1.54, 1.807) is 19.1 Å². The zero-order valence-electron chi connectivity index (χ0n) is 14.9. The van der Waals surface area contributed by atoms with Gasteiger partial charge in [0.15, 0.2) is 0 Å². The summed E-state index contributed by atoms with van der Waals surface area (Å²) in [6.45, 7) is 11.4. The van der Waals surface area contributed by atoms with Crippen molar-refractivity contribution < 1.29 is 19.4 Å². The van der Waals surface area contributed by atoms with Crippen LogP contribution in [-0.2, 0) is 14.3 Å². The first kappa shape index (κ1) is 20.6. The normalized spacial score (nSPS) is 28.1. The van der Waals surface area contributed by atoms with Crippen LogP contribution >= 0.6 is 0 Å². The van der Waals surface area contributed by atoms with Crippen molar-refractivity contribution in [3.63, 3.8) is 0 Å². The molecule has 2 unspecified atom stereocenters. The van der Waals surface area contributed by atoms with Crippen LogP contribution in [0.3, 0.4) is 0 Å². The third kappa shape index (κ3) is 4.80. The number of Topliss-reactive ketones (excluding diaryl/α,β-unsaturated/α-hetero) is 1. The van der Waals surface area contributed by atoms with Crippen LogP contribution in [0.2, 0.25) is 0 Å². The van der Waals surface area contributed by atoms with E-state index in [1.165, 1.54) is 13.2 Å². The summed E-state index contributed by atoms with van der Waals surface area (Å²) < 4.78 is 4.56. The molecule has 0 spiro atoms. The molecule has 1 N–H and O–H groups in total. The van der Waals surface area contributed by atoms with Gasteiger partial charge < -0.3 is 9.84 Å². The van der Waals surface area contributed by atoms with Crippen LogP contribution < -0.4 is 0 Å². The number of aliphatic hydroxyl groups is 1. The van der Waals surface area contributed by atoms with Crippen LogP contribution in [0.1, 0.15) is 54.4 Å². The second-order valence-electron chi connectivity index (χ2n) is 6.27. The van der Waals surface area contributed by atoms with Crippen LogP contribution in [0.15, 0.2) is 23.8 Å². The molecule has 0 amide bonds. The number of allylic oxidation sites excluding steroid dienone is 2. The highest BCUT2D eigenvalue weighted by atomic mass is 16.5. The van der Waals surface area contributed by atoms with Crippen molar-refractivity contribution in [3.8, 4) is 0 Å². The van der Waals surface area contributed by atoms with E-state index in [1.807, 2.05) is 34.6 Å². The van der Waals surface area contributed by atoms with Gasteiger partial charge in [-0.3, -0.25) is 4.79 Å². The van der Waals surface area contributed by atoms with Gasteiger partial charge in [0.2, 0.25) is 0 Å². The summed E-state index contributed by atoms with van der Waals surface area (Å²) in [7, 11) is 1.32. The Bertz CT molecular complexity index is 460. The predicted molar refractivity (Wildman–Crippen MR) is 88.4 cm³/mol. The van der Waals surface area contributed by atoms with Gasteiger partial charge in [-0.05, 0) is 18.4 Å². The van der Waals surface area contributed by atoms with Crippen molar-refractivity contribution in [1.82, 2.24) is 0 Å². The van der Waals surface area contributed by atoms with Gasteiger partial charge in [-0.25, -0.2) is 4.79 Å². The first-order valence-electron chi connectivity index (χ1n) is 7.82. The molecule has 0 aromatic rings. The van der Waals surface area contributed by atoms with Crippen molar-refractivity contribution in [3.05, 3.63) is 23.8 Å². The first-order valence-corrected chi connectivity index (χ1v) is 7.82. The van der Waals surface area contributed by atoms with Crippen LogP contribution in [0.4, 0.5) is 0 Å². The fourth-order valence-electron chi connectivity index (χ4n) is 2.81. The van der Waals surface area contributed by atoms with Gasteiger partial charge in [-0.2, -0.15) is 0 Å². The Morgan fingerprint density at radius 3 is 2.36 bits per heavy atom. The van der Waals surface area contributed by atoms with Crippen LogP contribution in [0, 0.1) is 11.3 Å². The molecule has 2 atom stereocenters. The van der Waals surface area contributed by atoms with Gasteiger partial charge in [-0.1, -0.05) is 46.8 Å². The highest BCUT2D eigenvalue weighted by Crippen LogP contribution is 2.46. The highest BCUT2D eigenvalue weighted by Gasteiger charge is 2.50. The zero-order chi connectivity index (χ0) is 17.6. The first-order chi connectivity index (χ1) is 10.1. The topological polar surface area (TPSA) is 63.6 Å². The molecule has 4 heteroatoms. The van der Waals surface area contributed by atoms with E-state index in [-0.39, 0.29) is 11.7 Å². The fourth-order valence-corrected chi connectivity index (χ4v) is 2.81. The molecule has 0 bridgehead atoms. The molecule has 22 heavy (non-hydrogen) atoms. The molecule has 1 saturated carbocycles. The molecule has 4 nitrogen and oxygen atoms in total. The average molecular weight is 310 g/mol. The Morgan fingerprint density at radius 1 is 1.36 bits per heavy atom. The van der Waals surface area contributed by atoms with Crippen LogP contribution in [-0.4, -0.2) is 29.6 Å². The van der Waals surface area contributed by atoms with Gasteiger partial charge in [0, 0.05) is 24.3 Å². The number of hydrogen-bond donors (Lipinski definition) is 1. The van der Waals surface area contributed by atoms with Gasteiger partial charge >= 0.3 is 5.97 Å². The monoisotopic (exact) mass is 310 g/mol. The molecular formula is C18H30O4. The number of carbonyl (C=O) groups is 2. The minimum atomic E-state index is -1.06. The SMILES string of the molecule is CC.COC(=O)/C=C(/C)C=CC1(O)C(C)CC(=O)CC1(C)C. The summed E-state index contributed by atoms with van der Waals surface area (Å²) in [5, 5.41) is 10.9. The molecule has 1 fully saturated rings. The molecule has 0 saturated heterocycles. The number of rotatable bonds is 3. The maximum Gasteiger partial charge on any atom is 0.330 e. The number of esters is 1. The summed E-state index contributed by atoms with van der Waals surface area (Å²) in [5.41, 5.74) is -0.888. The Labute approximate surface area is 134 Å². The largest absolute Gasteiger partial charge is 0.466 e. The lowest BCUT2D eigenvalue weighted by molar-refractivity contribution is -0.142. The lowest BCUT2D eigenvalue weighted by Gasteiger charge is -2.48. The summed E-state index contributed by atoms with van der Waals surface area (Å²) in [4.78, 5) is 22.8. The molecular weight excluding hydrogens is 280 g/mol. The number of methoxy groups -OCH3 is 1. The maximum atomic E-state index is 11.7. The third-order valence-electron chi connectivity index (χ3n) is 4.16. The minimum absolute atomic E-state index is 0.152. The number of carbonyl (C=O) groups excluding carboxylic acids is 2. The van der Waals surface area contributed by atoms with E-state index < -0.39 is 17.0 Å². The standard InChI is InChI=1S/C16H24O4.C2H6/c1-11(8-14(18)20-5)6-7-16(19)12(2)9-13(17)10-15(16,3)4;1-2/h6-8,12,19H,9-10H2,1-5H3;1-2H3/b7-6?,11-8-;. The van der Waals surface area contributed by atoms with E-state index in [0.29, 0.717) is 18.4 Å². The van der Waals surface area contributed by atoms with E-state index >= 15 is 0 Å². The Balaban J connectivity index is 0.00000211. The molecule has 0 heterocycles. The van der Waals surface area contributed by atoms with Gasteiger partial charge in [0.05, 0.1) is 12.7 Å². The molecule has 0 radical (unpaired) electrons. The second kappa shape index (κ2) is 8.28. The van der Waals surface area contributed by atoms with Crippen molar-refractivity contribution in [2.24, 2.45) is 11.3 Å². The minimum Gasteiger partial charge on any atom is -0.466 e. The van der Waals surface area contributed by atoms with Crippen molar-refractivity contribution >= 4 is 11.8 Å². The second-order valence-corrected chi connectivity index (χ2v) is 6.27. The highest BCUT2D eigenvalue weighted by molar-refractivity contribution is 5.83. The molecule has 0 aromatic heterocycles. The molecule has 1 aliphatic rings. The Kier molecular flexibility index (Phi) is 7.74. The molecule has 0 aromatic carbocycles. The van der Waals surface area contributed by atoms with E-state index in [4.69, 9.17) is 0 Å². The third-order valence-corrected chi connectivity index (χ3v) is 4.16. The van der Waals surface area contributed by atoms with Gasteiger partial charge in [0.25, 0.3) is 0 Å². The fraction of sp³-hybridized carbons (Fsp3) is 0.667. The Hall–Kier alpha value is -1.42. The summed E-state index contributed by atoms with van der Waals surface area (Å²) in [6, 6.07) is 0. The lowest BCUT2D eigenvalue weighted by atomic mass is 9.60. The zero-order valence-corrected chi connectivity index (χ0v) is 14.9. The molecule has 0 aliphatic heterocycles. The summed E-state index contributed by atoms with van der Waals surface area (Å²) in [5.74, 6) is -0.395. The summed E-state index contributed by atoms with van der Waals surface area (Å²) in [6.07, 6.45) is 5.53. The van der Waals surface area contributed by atoms with Crippen LogP contribution in [0.5, 0.6) is 0 Å².